The Morgan fingerprint density at radius 3 is 2.94 bits per heavy atom. The van der Waals surface area contributed by atoms with Gasteiger partial charge in [0.05, 0.1) is 0 Å². The average Bonchev–Trinajstić information content (AvgIpc) is 2.73. The largest absolute Gasteiger partial charge is 0.477 e. The van der Waals surface area contributed by atoms with E-state index in [-0.39, 0.29) is 18.2 Å². The standard InChI is InChI=1S/C12H14N2O4/c1-2-5-18-12(17)14-6-8(7-14)9-3-4-13-10(9)11(15)16/h2-4,8,13H,1,5-7H2,(H,15,16). The zero-order valence-electron chi connectivity index (χ0n) is 9.76. The Morgan fingerprint density at radius 2 is 2.33 bits per heavy atom. The Bertz CT molecular complexity index is 474. The molecule has 0 radical (unpaired) electrons. The van der Waals surface area contributed by atoms with E-state index < -0.39 is 12.1 Å². The maximum Gasteiger partial charge on any atom is 0.410 e. The highest BCUT2D eigenvalue weighted by Crippen LogP contribution is 2.29. The van der Waals surface area contributed by atoms with E-state index in [4.69, 9.17) is 9.84 Å². The second-order valence-electron chi connectivity index (χ2n) is 4.08. The molecular weight excluding hydrogens is 236 g/mol. The van der Waals surface area contributed by atoms with Crippen LogP contribution in [0.4, 0.5) is 4.79 Å². The van der Waals surface area contributed by atoms with Gasteiger partial charge in [-0.1, -0.05) is 12.7 Å². The fourth-order valence-electron chi connectivity index (χ4n) is 1.95. The van der Waals surface area contributed by atoms with Crippen LogP contribution >= 0.6 is 0 Å². The van der Waals surface area contributed by atoms with Crippen molar-refractivity contribution < 1.29 is 19.4 Å². The number of carboxylic acid groups (broad SMARTS) is 1. The zero-order valence-corrected chi connectivity index (χ0v) is 9.76. The fourth-order valence-corrected chi connectivity index (χ4v) is 1.95. The van der Waals surface area contributed by atoms with Gasteiger partial charge in [0.1, 0.15) is 12.3 Å². The van der Waals surface area contributed by atoms with Crippen LogP contribution in [0, 0.1) is 0 Å². The first-order chi connectivity index (χ1) is 8.63. The van der Waals surface area contributed by atoms with Crippen LogP contribution in [-0.2, 0) is 4.74 Å². The molecule has 1 aromatic rings. The molecule has 0 bridgehead atoms. The number of aromatic nitrogens is 1. The quantitative estimate of drug-likeness (QED) is 0.792. The van der Waals surface area contributed by atoms with E-state index in [1.165, 1.54) is 11.0 Å². The summed E-state index contributed by atoms with van der Waals surface area (Å²) in [7, 11) is 0. The van der Waals surface area contributed by atoms with E-state index in [0.29, 0.717) is 13.1 Å². The van der Waals surface area contributed by atoms with Crippen LogP contribution in [-0.4, -0.2) is 46.7 Å². The summed E-state index contributed by atoms with van der Waals surface area (Å²) in [4.78, 5) is 26.6. The number of nitrogens with zero attached hydrogens (tertiary/aromatic N) is 1. The Balaban J connectivity index is 1.92. The Kier molecular flexibility index (Phi) is 3.36. The molecule has 1 aromatic heterocycles. The lowest BCUT2D eigenvalue weighted by Gasteiger charge is -2.38. The molecule has 1 saturated heterocycles. The van der Waals surface area contributed by atoms with E-state index in [9.17, 15) is 9.59 Å². The summed E-state index contributed by atoms with van der Waals surface area (Å²) in [5.74, 6) is -0.929. The Hall–Kier alpha value is -2.24. The van der Waals surface area contributed by atoms with Gasteiger partial charge >= 0.3 is 12.1 Å². The summed E-state index contributed by atoms with van der Waals surface area (Å²) in [6.45, 7) is 4.60. The van der Waals surface area contributed by atoms with Crippen molar-refractivity contribution >= 4 is 12.1 Å². The molecule has 1 aliphatic heterocycles. The number of likely N-dealkylation sites (tertiary alicyclic amines) is 1. The molecule has 1 fully saturated rings. The lowest BCUT2D eigenvalue weighted by Crippen LogP contribution is -2.48. The molecule has 18 heavy (non-hydrogen) atoms. The van der Waals surface area contributed by atoms with E-state index >= 15 is 0 Å². The van der Waals surface area contributed by atoms with Crippen LogP contribution in [0.1, 0.15) is 22.0 Å². The van der Waals surface area contributed by atoms with Gasteiger partial charge in [0, 0.05) is 25.2 Å². The smallest absolute Gasteiger partial charge is 0.410 e. The number of H-pyrrole nitrogens is 1. The van der Waals surface area contributed by atoms with Crippen LogP contribution in [0.3, 0.4) is 0 Å². The van der Waals surface area contributed by atoms with E-state index in [0.717, 1.165) is 5.56 Å². The maximum atomic E-state index is 11.4. The molecule has 2 heterocycles. The van der Waals surface area contributed by atoms with Crippen molar-refractivity contribution in [3.8, 4) is 0 Å². The third-order valence-electron chi connectivity index (χ3n) is 2.90. The van der Waals surface area contributed by atoms with Crippen LogP contribution in [0.2, 0.25) is 0 Å². The number of amides is 1. The first-order valence-corrected chi connectivity index (χ1v) is 5.56. The summed E-state index contributed by atoms with van der Waals surface area (Å²) in [6.07, 6.45) is 2.71. The van der Waals surface area contributed by atoms with Gasteiger partial charge in [-0.3, -0.25) is 0 Å². The van der Waals surface area contributed by atoms with Crippen LogP contribution in [0.15, 0.2) is 24.9 Å². The molecule has 2 N–H and O–H groups in total. The minimum atomic E-state index is -0.984. The summed E-state index contributed by atoms with van der Waals surface area (Å²) >= 11 is 0. The predicted molar refractivity (Wildman–Crippen MR) is 63.6 cm³/mol. The van der Waals surface area contributed by atoms with Gasteiger partial charge in [-0.25, -0.2) is 9.59 Å². The number of aromatic amines is 1. The molecular formula is C12H14N2O4. The van der Waals surface area contributed by atoms with Crippen molar-refractivity contribution in [3.05, 3.63) is 36.2 Å². The van der Waals surface area contributed by atoms with Crippen molar-refractivity contribution in [2.45, 2.75) is 5.92 Å². The lowest BCUT2D eigenvalue weighted by molar-refractivity contribution is 0.0681. The second-order valence-corrected chi connectivity index (χ2v) is 4.08. The predicted octanol–water partition coefficient (Wildman–Crippen LogP) is 1.43. The van der Waals surface area contributed by atoms with Gasteiger partial charge in [0.25, 0.3) is 0 Å². The number of rotatable bonds is 4. The van der Waals surface area contributed by atoms with Gasteiger partial charge in [-0.2, -0.15) is 0 Å². The van der Waals surface area contributed by atoms with Gasteiger partial charge in [-0.15, -0.1) is 0 Å². The maximum absolute atomic E-state index is 11.4. The van der Waals surface area contributed by atoms with Crippen molar-refractivity contribution in [2.75, 3.05) is 19.7 Å². The molecule has 1 amide bonds. The molecule has 0 atom stereocenters. The van der Waals surface area contributed by atoms with Crippen molar-refractivity contribution in [1.82, 2.24) is 9.88 Å². The van der Waals surface area contributed by atoms with Crippen LogP contribution in [0.25, 0.3) is 0 Å². The van der Waals surface area contributed by atoms with Crippen molar-refractivity contribution in [1.29, 1.82) is 0 Å². The molecule has 6 heteroatoms. The molecule has 1 aliphatic rings. The monoisotopic (exact) mass is 250 g/mol. The number of aromatic carboxylic acids is 1. The molecule has 6 nitrogen and oxygen atoms in total. The molecule has 96 valence electrons. The highest BCUT2D eigenvalue weighted by Gasteiger charge is 2.35. The van der Waals surface area contributed by atoms with E-state index in [1.54, 1.807) is 12.3 Å². The van der Waals surface area contributed by atoms with Crippen molar-refractivity contribution in [3.63, 3.8) is 0 Å². The summed E-state index contributed by atoms with van der Waals surface area (Å²) < 4.78 is 4.88. The number of ether oxygens (including phenoxy) is 1. The molecule has 2 rings (SSSR count). The summed E-state index contributed by atoms with van der Waals surface area (Å²) in [6, 6.07) is 1.74. The van der Waals surface area contributed by atoms with Gasteiger partial charge in [0.2, 0.25) is 0 Å². The molecule has 0 saturated carbocycles. The molecule has 0 aromatic carbocycles. The summed E-state index contributed by atoms with van der Waals surface area (Å²) in [5, 5.41) is 8.97. The number of carbonyl (C=O) groups excluding carboxylic acids is 1. The van der Waals surface area contributed by atoms with Crippen molar-refractivity contribution in [2.24, 2.45) is 0 Å². The highest BCUT2D eigenvalue weighted by atomic mass is 16.6. The number of carboxylic acids is 1. The van der Waals surface area contributed by atoms with Gasteiger partial charge < -0.3 is 19.7 Å². The topological polar surface area (TPSA) is 82.6 Å². The Labute approximate surface area is 104 Å². The third kappa shape index (κ3) is 2.22. The number of carbonyl (C=O) groups is 2. The first-order valence-electron chi connectivity index (χ1n) is 5.56. The Morgan fingerprint density at radius 1 is 1.61 bits per heavy atom. The van der Waals surface area contributed by atoms with E-state index in [2.05, 4.69) is 11.6 Å². The molecule has 0 unspecified atom stereocenters. The number of hydrogen-bond acceptors (Lipinski definition) is 3. The molecule has 0 aliphatic carbocycles. The normalized spacial score (nSPS) is 15.0. The number of nitrogens with one attached hydrogen (secondary N) is 1. The van der Waals surface area contributed by atoms with Crippen LogP contribution in [0.5, 0.6) is 0 Å². The average molecular weight is 250 g/mol. The number of hydrogen-bond donors (Lipinski definition) is 2. The second kappa shape index (κ2) is 4.95. The lowest BCUT2D eigenvalue weighted by atomic mass is 9.92. The van der Waals surface area contributed by atoms with E-state index in [1.807, 2.05) is 0 Å². The third-order valence-corrected chi connectivity index (χ3v) is 2.90. The van der Waals surface area contributed by atoms with Crippen LogP contribution < -0.4 is 0 Å². The first kappa shape index (κ1) is 12.2. The minimum absolute atomic E-state index is 0.0543. The highest BCUT2D eigenvalue weighted by molar-refractivity contribution is 5.87. The zero-order chi connectivity index (χ0) is 13.1. The molecule has 0 spiro atoms. The fraction of sp³-hybridized carbons (Fsp3) is 0.333. The van der Waals surface area contributed by atoms with Gasteiger partial charge in [-0.05, 0) is 11.6 Å². The van der Waals surface area contributed by atoms with Gasteiger partial charge in [0.15, 0.2) is 0 Å². The summed E-state index contributed by atoms with van der Waals surface area (Å²) in [5.41, 5.74) is 0.925. The SMILES string of the molecule is C=CCOC(=O)N1CC(c2cc[nH]c2C(=O)O)C1. The minimum Gasteiger partial charge on any atom is -0.477 e.